The van der Waals surface area contributed by atoms with E-state index in [1.54, 1.807) is 20.8 Å². The standard InChI is InChI=1S/C14H21N3O6/c1-14(2,3)12(20)22-6-7-9(18)10(19)11(23-7)17-5-4-8(15)16-13(17)21/h4-5,7,9-11,18-19H,6H2,1-3H3,(H2,15,16,21)/t7-,9+,10-,11-/m0/s1. The molecule has 4 N–H and O–H groups in total. The van der Waals surface area contributed by atoms with E-state index < -0.39 is 41.6 Å². The number of hydrogen-bond acceptors (Lipinski definition) is 8. The van der Waals surface area contributed by atoms with E-state index >= 15 is 0 Å². The van der Waals surface area contributed by atoms with Crippen molar-refractivity contribution in [2.24, 2.45) is 5.41 Å². The first-order chi connectivity index (χ1) is 10.6. The molecule has 0 bridgehead atoms. The van der Waals surface area contributed by atoms with Gasteiger partial charge in [-0.3, -0.25) is 9.36 Å². The molecule has 1 aliphatic heterocycles. The molecule has 9 nitrogen and oxygen atoms in total. The number of nitrogens with two attached hydrogens (primary N) is 1. The van der Waals surface area contributed by atoms with Crippen molar-refractivity contribution < 1.29 is 24.5 Å². The Morgan fingerprint density at radius 3 is 2.65 bits per heavy atom. The molecule has 1 fully saturated rings. The summed E-state index contributed by atoms with van der Waals surface area (Å²) >= 11 is 0. The van der Waals surface area contributed by atoms with Crippen LogP contribution in [-0.2, 0) is 14.3 Å². The van der Waals surface area contributed by atoms with Crippen LogP contribution in [0, 0.1) is 5.41 Å². The van der Waals surface area contributed by atoms with E-state index in [4.69, 9.17) is 15.2 Å². The van der Waals surface area contributed by atoms with Crippen molar-refractivity contribution in [3.63, 3.8) is 0 Å². The molecular weight excluding hydrogens is 306 g/mol. The molecule has 1 aromatic rings. The third kappa shape index (κ3) is 3.69. The van der Waals surface area contributed by atoms with E-state index in [1.165, 1.54) is 12.3 Å². The maximum Gasteiger partial charge on any atom is 0.351 e. The van der Waals surface area contributed by atoms with Crippen molar-refractivity contribution >= 4 is 11.8 Å². The highest BCUT2D eigenvalue weighted by molar-refractivity contribution is 5.75. The molecular formula is C14H21N3O6. The van der Waals surface area contributed by atoms with Gasteiger partial charge in [-0.05, 0) is 26.8 Å². The van der Waals surface area contributed by atoms with Crippen LogP contribution in [0.4, 0.5) is 5.82 Å². The van der Waals surface area contributed by atoms with E-state index in [0.29, 0.717) is 0 Å². The zero-order valence-corrected chi connectivity index (χ0v) is 13.2. The predicted octanol–water partition coefficient (Wildman–Crippen LogP) is -0.966. The Bertz CT molecular complexity index is 638. The number of aromatic nitrogens is 2. The molecule has 0 unspecified atom stereocenters. The number of carbonyl (C=O) groups is 1. The van der Waals surface area contributed by atoms with Crippen molar-refractivity contribution in [3.05, 3.63) is 22.7 Å². The summed E-state index contributed by atoms with van der Waals surface area (Å²) in [6.45, 7) is 4.84. The Morgan fingerprint density at radius 1 is 1.43 bits per heavy atom. The third-order valence-electron chi connectivity index (χ3n) is 3.45. The molecule has 1 saturated heterocycles. The summed E-state index contributed by atoms with van der Waals surface area (Å²) in [6.07, 6.45) is -3.45. The van der Waals surface area contributed by atoms with Crippen LogP contribution < -0.4 is 11.4 Å². The van der Waals surface area contributed by atoms with Gasteiger partial charge in [0.15, 0.2) is 6.23 Å². The van der Waals surface area contributed by atoms with Crippen LogP contribution in [-0.4, -0.2) is 50.7 Å². The second kappa shape index (κ2) is 6.26. The average molecular weight is 327 g/mol. The first-order valence-corrected chi connectivity index (χ1v) is 7.14. The number of ether oxygens (including phenoxy) is 2. The number of carbonyl (C=O) groups excluding carboxylic acids is 1. The average Bonchev–Trinajstić information content (AvgIpc) is 2.72. The van der Waals surface area contributed by atoms with Gasteiger partial charge in [-0.15, -0.1) is 0 Å². The molecule has 2 rings (SSSR count). The summed E-state index contributed by atoms with van der Waals surface area (Å²) in [4.78, 5) is 27.1. The molecule has 0 radical (unpaired) electrons. The number of aliphatic hydroxyl groups is 2. The molecule has 128 valence electrons. The Hall–Kier alpha value is -1.97. The molecule has 0 aliphatic carbocycles. The van der Waals surface area contributed by atoms with Crippen LogP contribution in [0.25, 0.3) is 0 Å². The van der Waals surface area contributed by atoms with Gasteiger partial charge in [0.25, 0.3) is 0 Å². The first-order valence-electron chi connectivity index (χ1n) is 7.14. The van der Waals surface area contributed by atoms with E-state index in [9.17, 15) is 19.8 Å². The summed E-state index contributed by atoms with van der Waals surface area (Å²) in [7, 11) is 0. The van der Waals surface area contributed by atoms with Gasteiger partial charge in [0.2, 0.25) is 0 Å². The van der Waals surface area contributed by atoms with Crippen LogP contribution in [0.1, 0.15) is 27.0 Å². The van der Waals surface area contributed by atoms with Gasteiger partial charge < -0.3 is 25.4 Å². The van der Waals surface area contributed by atoms with E-state index in [1.807, 2.05) is 0 Å². The van der Waals surface area contributed by atoms with Gasteiger partial charge in [0.1, 0.15) is 30.7 Å². The maximum absolute atomic E-state index is 11.8. The zero-order chi connectivity index (χ0) is 17.4. The van der Waals surface area contributed by atoms with Crippen LogP contribution in [0.2, 0.25) is 0 Å². The quantitative estimate of drug-likeness (QED) is 0.603. The number of rotatable bonds is 3. The molecule has 0 amide bonds. The summed E-state index contributed by atoms with van der Waals surface area (Å²) in [5.74, 6) is -0.424. The summed E-state index contributed by atoms with van der Waals surface area (Å²) < 4.78 is 11.6. The molecule has 0 spiro atoms. The van der Waals surface area contributed by atoms with Gasteiger partial charge in [0.05, 0.1) is 5.41 Å². The number of nitrogen functional groups attached to an aromatic ring is 1. The lowest BCUT2D eigenvalue weighted by Crippen LogP contribution is -2.37. The molecule has 0 aromatic carbocycles. The third-order valence-corrected chi connectivity index (χ3v) is 3.45. The highest BCUT2D eigenvalue weighted by Gasteiger charge is 2.45. The summed E-state index contributed by atoms with van der Waals surface area (Å²) in [6, 6.07) is 1.37. The molecule has 1 aromatic heterocycles. The molecule has 4 atom stereocenters. The van der Waals surface area contributed by atoms with Crippen LogP contribution >= 0.6 is 0 Å². The fraction of sp³-hybridized carbons (Fsp3) is 0.643. The van der Waals surface area contributed by atoms with Crippen LogP contribution in [0.3, 0.4) is 0 Å². The van der Waals surface area contributed by atoms with Crippen molar-refractivity contribution in [1.82, 2.24) is 9.55 Å². The Labute approximate surface area is 132 Å². The molecule has 2 heterocycles. The number of anilines is 1. The minimum absolute atomic E-state index is 0.0370. The predicted molar refractivity (Wildman–Crippen MR) is 79.2 cm³/mol. The zero-order valence-electron chi connectivity index (χ0n) is 13.2. The minimum Gasteiger partial charge on any atom is -0.462 e. The number of aliphatic hydroxyl groups excluding tert-OH is 2. The normalized spacial score (nSPS) is 27.9. The van der Waals surface area contributed by atoms with Gasteiger partial charge in [-0.25, -0.2) is 4.79 Å². The van der Waals surface area contributed by atoms with Gasteiger partial charge in [-0.2, -0.15) is 4.98 Å². The van der Waals surface area contributed by atoms with E-state index in [-0.39, 0.29) is 12.4 Å². The second-order valence-corrected chi connectivity index (χ2v) is 6.44. The largest absolute Gasteiger partial charge is 0.462 e. The Balaban J connectivity index is 2.09. The van der Waals surface area contributed by atoms with Gasteiger partial charge in [0, 0.05) is 6.20 Å². The van der Waals surface area contributed by atoms with Crippen molar-refractivity contribution in [3.8, 4) is 0 Å². The lowest BCUT2D eigenvalue weighted by molar-refractivity contribution is -0.159. The number of esters is 1. The summed E-state index contributed by atoms with van der Waals surface area (Å²) in [5, 5.41) is 20.1. The topological polar surface area (TPSA) is 137 Å². The second-order valence-electron chi connectivity index (χ2n) is 6.44. The fourth-order valence-corrected chi connectivity index (χ4v) is 2.09. The van der Waals surface area contributed by atoms with Crippen molar-refractivity contribution in [1.29, 1.82) is 0 Å². The van der Waals surface area contributed by atoms with E-state index in [2.05, 4.69) is 4.98 Å². The maximum atomic E-state index is 11.8. The fourth-order valence-electron chi connectivity index (χ4n) is 2.09. The van der Waals surface area contributed by atoms with Crippen molar-refractivity contribution in [2.45, 2.75) is 45.3 Å². The Kier molecular flexibility index (Phi) is 4.73. The first kappa shape index (κ1) is 17.4. The Morgan fingerprint density at radius 2 is 2.09 bits per heavy atom. The number of hydrogen-bond donors (Lipinski definition) is 3. The smallest absolute Gasteiger partial charge is 0.351 e. The molecule has 9 heteroatoms. The highest BCUT2D eigenvalue weighted by Crippen LogP contribution is 2.29. The molecule has 0 saturated carbocycles. The number of nitrogens with zero attached hydrogens (tertiary/aromatic N) is 2. The lowest BCUT2D eigenvalue weighted by Gasteiger charge is -2.20. The highest BCUT2D eigenvalue weighted by atomic mass is 16.6. The minimum atomic E-state index is -1.36. The van der Waals surface area contributed by atoms with Crippen LogP contribution in [0.5, 0.6) is 0 Å². The SMILES string of the molecule is CC(C)(C)C(=O)OC[C@@H]1O[C@H](n2ccc(N)nc2=O)[C@@H](O)[C@@H]1O. The summed E-state index contributed by atoms with van der Waals surface area (Å²) in [5.41, 5.74) is 3.99. The molecule has 1 aliphatic rings. The monoisotopic (exact) mass is 327 g/mol. The lowest BCUT2D eigenvalue weighted by atomic mass is 9.97. The van der Waals surface area contributed by atoms with Gasteiger partial charge in [-0.1, -0.05) is 0 Å². The molecule has 23 heavy (non-hydrogen) atoms. The van der Waals surface area contributed by atoms with E-state index in [0.717, 1.165) is 4.57 Å². The van der Waals surface area contributed by atoms with Gasteiger partial charge >= 0.3 is 11.7 Å². The van der Waals surface area contributed by atoms with Crippen molar-refractivity contribution in [2.75, 3.05) is 12.3 Å². The van der Waals surface area contributed by atoms with Crippen LogP contribution in [0.15, 0.2) is 17.1 Å².